The molecule has 0 aliphatic carbocycles. The van der Waals surface area contributed by atoms with Crippen molar-refractivity contribution < 1.29 is 18.5 Å². The minimum Gasteiger partial charge on any atom is -0.302 e. The lowest BCUT2D eigenvalue weighted by Crippen LogP contribution is -2.33. The van der Waals surface area contributed by atoms with Gasteiger partial charge in [-0.15, -0.1) is 6.58 Å². The van der Waals surface area contributed by atoms with Crippen LogP contribution in [0.5, 0.6) is 0 Å². The Balaban J connectivity index is 2.29. The van der Waals surface area contributed by atoms with Crippen LogP contribution in [0.1, 0.15) is 117 Å². The molecular formula is C23H45O4P. The van der Waals surface area contributed by atoms with Crippen molar-refractivity contribution in [1.82, 2.24) is 0 Å². The number of hydrogen-bond donors (Lipinski definition) is 1. The Morgan fingerprint density at radius 3 is 2.04 bits per heavy atom. The summed E-state index contributed by atoms with van der Waals surface area (Å²) in [6, 6.07) is 0. The lowest BCUT2D eigenvalue weighted by Gasteiger charge is -2.35. The van der Waals surface area contributed by atoms with Gasteiger partial charge in [-0.3, -0.25) is 9.05 Å². The van der Waals surface area contributed by atoms with Gasteiger partial charge in [0.1, 0.15) is 0 Å². The molecule has 1 heterocycles. The van der Waals surface area contributed by atoms with Crippen LogP contribution in [0.4, 0.5) is 0 Å². The first-order valence-corrected chi connectivity index (χ1v) is 13.3. The van der Waals surface area contributed by atoms with Crippen LogP contribution >= 0.6 is 7.82 Å². The second-order valence-electron chi connectivity index (χ2n) is 8.44. The number of hydrogen-bond acceptors (Lipinski definition) is 3. The molecule has 4 nitrogen and oxygen atoms in total. The van der Waals surface area contributed by atoms with Crippen molar-refractivity contribution in [1.29, 1.82) is 0 Å². The first-order valence-electron chi connectivity index (χ1n) is 11.8. The number of rotatable bonds is 17. The van der Waals surface area contributed by atoms with Gasteiger partial charge in [-0.2, -0.15) is 0 Å². The van der Waals surface area contributed by atoms with E-state index in [2.05, 4.69) is 20.4 Å². The summed E-state index contributed by atoms with van der Waals surface area (Å²) in [6.45, 7) is 8.39. The van der Waals surface area contributed by atoms with Gasteiger partial charge in [-0.25, -0.2) is 4.57 Å². The maximum absolute atomic E-state index is 12.2. The van der Waals surface area contributed by atoms with Gasteiger partial charge in [0.05, 0.1) is 12.2 Å². The molecule has 0 bridgehead atoms. The lowest BCUT2D eigenvalue weighted by atomic mass is 9.90. The summed E-state index contributed by atoms with van der Waals surface area (Å²) in [7, 11) is -3.94. The van der Waals surface area contributed by atoms with Crippen molar-refractivity contribution in [3.05, 3.63) is 12.7 Å². The summed E-state index contributed by atoms with van der Waals surface area (Å²) in [5.74, 6) is 0.131. The highest BCUT2D eigenvalue weighted by Gasteiger charge is 2.39. The Kier molecular flexibility index (Phi) is 14.5. The quantitative estimate of drug-likeness (QED) is 0.148. The topological polar surface area (TPSA) is 55.8 Å². The van der Waals surface area contributed by atoms with Gasteiger partial charge >= 0.3 is 7.82 Å². The Labute approximate surface area is 174 Å². The number of unbranched alkanes of at least 4 members (excludes halogenated alkanes) is 11. The maximum Gasteiger partial charge on any atom is 0.472 e. The van der Waals surface area contributed by atoms with E-state index in [0.29, 0.717) is 6.42 Å². The summed E-state index contributed by atoms with van der Waals surface area (Å²) >= 11 is 0. The van der Waals surface area contributed by atoms with Crippen molar-refractivity contribution in [2.75, 3.05) is 0 Å². The minimum atomic E-state index is -3.94. The first-order chi connectivity index (χ1) is 13.5. The average molecular weight is 417 g/mol. The molecule has 1 saturated heterocycles. The standard InChI is InChI=1S/C23H45O4P/c1-4-7-9-11-12-13-14-15-17-19-22-20-23(27-28(24,25)26-22)21(6-3)18-16-10-8-5-2/h6,21-23H,3-5,7-20H2,1-2H3,(H,24,25)/t21-,22+,23-/m0/s1. The predicted octanol–water partition coefficient (Wildman–Crippen LogP) is 7.95. The molecule has 0 saturated carbocycles. The summed E-state index contributed by atoms with van der Waals surface area (Å²) in [6.07, 6.45) is 20.3. The van der Waals surface area contributed by atoms with Crippen molar-refractivity contribution in [2.24, 2.45) is 5.92 Å². The van der Waals surface area contributed by atoms with Gasteiger partial charge in [0, 0.05) is 12.3 Å². The molecule has 1 aliphatic heterocycles. The third-order valence-electron chi connectivity index (χ3n) is 5.85. The number of phosphoric acid groups is 1. The largest absolute Gasteiger partial charge is 0.472 e. The molecule has 0 aromatic carbocycles. The fourth-order valence-electron chi connectivity index (χ4n) is 4.10. The second-order valence-corrected chi connectivity index (χ2v) is 9.80. The molecule has 0 aromatic heterocycles. The summed E-state index contributed by atoms with van der Waals surface area (Å²) < 4.78 is 23.0. The second kappa shape index (κ2) is 15.7. The fourth-order valence-corrected chi connectivity index (χ4v) is 5.30. The van der Waals surface area contributed by atoms with Crippen LogP contribution in [0.2, 0.25) is 0 Å². The third-order valence-corrected chi connectivity index (χ3v) is 6.95. The summed E-state index contributed by atoms with van der Waals surface area (Å²) in [5.41, 5.74) is 0. The van der Waals surface area contributed by atoms with Gasteiger partial charge in [-0.05, 0) is 12.8 Å². The van der Waals surface area contributed by atoms with Crippen LogP contribution in [0, 0.1) is 5.92 Å². The van der Waals surface area contributed by atoms with E-state index < -0.39 is 7.82 Å². The Morgan fingerprint density at radius 1 is 0.929 bits per heavy atom. The maximum atomic E-state index is 12.2. The highest BCUT2D eigenvalue weighted by Crippen LogP contribution is 2.53. The molecule has 28 heavy (non-hydrogen) atoms. The van der Waals surface area contributed by atoms with E-state index in [0.717, 1.165) is 25.7 Å². The molecule has 1 rings (SSSR count). The molecule has 0 radical (unpaired) electrons. The van der Waals surface area contributed by atoms with E-state index in [-0.39, 0.29) is 18.1 Å². The van der Waals surface area contributed by atoms with E-state index in [9.17, 15) is 9.46 Å². The highest BCUT2D eigenvalue weighted by atomic mass is 31.2. The van der Waals surface area contributed by atoms with Crippen LogP contribution < -0.4 is 0 Å². The Hall–Kier alpha value is -0.150. The molecule has 1 unspecified atom stereocenters. The monoisotopic (exact) mass is 416 g/mol. The van der Waals surface area contributed by atoms with Gasteiger partial charge < -0.3 is 4.89 Å². The van der Waals surface area contributed by atoms with Crippen molar-refractivity contribution >= 4 is 7.82 Å². The number of phosphoric ester groups is 1. The van der Waals surface area contributed by atoms with Crippen LogP contribution in [0.15, 0.2) is 12.7 Å². The van der Waals surface area contributed by atoms with Crippen LogP contribution in [-0.2, 0) is 13.6 Å². The zero-order valence-electron chi connectivity index (χ0n) is 18.4. The van der Waals surface area contributed by atoms with Crippen LogP contribution in [0.25, 0.3) is 0 Å². The Bertz CT molecular complexity index is 440. The van der Waals surface area contributed by atoms with Crippen molar-refractivity contribution in [2.45, 2.75) is 129 Å². The highest BCUT2D eigenvalue weighted by molar-refractivity contribution is 7.47. The van der Waals surface area contributed by atoms with E-state index in [1.807, 2.05) is 6.08 Å². The molecule has 0 spiro atoms. The molecule has 4 atom stereocenters. The Morgan fingerprint density at radius 2 is 1.46 bits per heavy atom. The molecule has 166 valence electrons. The van der Waals surface area contributed by atoms with E-state index in [4.69, 9.17) is 9.05 Å². The van der Waals surface area contributed by atoms with Crippen molar-refractivity contribution in [3.8, 4) is 0 Å². The van der Waals surface area contributed by atoms with Crippen LogP contribution in [0.3, 0.4) is 0 Å². The average Bonchev–Trinajstić information content (AvgIpc) is 2.65. The van der Waals surface area contributed by atoms with Crippen LogP contribution in [-0.4, -0.2) is 17.1 Å². The fraction of sp³-hybridized carbons (Fsp3) is 0.913. The van der Waals surface area contributed by atoms with Gasteiger partial charge in [-0.1, -0.05) is 103 Å². The molecular weight excluding hydrogens is 371 g/mol. The smallest absolute Gasteiger partial charge is 0.302 e. The van der Waals surface area contributed by atoms with Gasteiger partial charge in [0.15, 0.2) is 0 Å². The molecule has 0 amide bonds. The van der Waals surface area contributed by atoms with E-state index >= 15 is 0 Å². The normalized spacial score (nSPS) is 26.2. The summed E-state index contributed by atoms with van der Waals surface area (Å²) in [5, 5.41) is 0. The van der Waals surface area contributed by atoms with Gasteiger partial charge in [0.2, 0.25) is 0 Å². The predicted molar refractivity (Wildman–Crippen MR) is 118 cm³/mol. The zero-order valence-corrected chi connectivity index (χ0v) is 19.3. The lowest BCUT2D eigenvalue weighted by molar-refractivity contribution is -0.0184. The SMILES string of the molecule is C=C[C@@H](CCCCCC)[C@@H]1C[C@@H](CCCCCCCCCCC)OP(=O)(O)O1. The first kappa shape index (κ1) is 25.9. The minimum absolute atomic E-state index is 0.131. The third kappa shape index (κ3) is 11.8. The molecule has 1 fully saturated rings. The van der Waals surface area contributed by atoms with Crippen molar-refractivity contribution in [3.63, 3.8) is 0 Å². The van der Waals surface area contributed by atoms with E-state index in [1.165, 1.54) is 70.6 Å². The zero-order chi connectivity index (χ0) is 20.7. The molecule has 0 aromatic rings. The molecule has 1 aliphatic rings. The molecule has 1 N–H and O–H groups in total. The van der Waals surface area contributed by atoms with Gasteiger partial charge in [0.25, 0.3) is 0 Å². The molecule has 5 heteroatoms. The summed E-state index contributed by atoms with van der Waals surface area (Å²) in [4.78, 5) is 9.99. The van der Waals surface area contributed by atoms with E-state index in [1.54, 1.807) is 0 Å².